The van der Waals surface area contributed by atoms with Crippen LogP contribution < -0.4 is 10.9 Å². The number of nitrogens with zero attached hydrogens (tertiary/aromatic N) is 2. The van der Waals surface area contributed by atoms with E-state index in [0.29, 0.717) is 27.5 Å². The predicted molar refractivity (Wildman–Crippen MR) is 118 cm³/mol. The quantitative estimate of drug-likeness (QED) is 0.339. The molecule has 1 amide bonds. The Labute approximate surface area is 186 Å². The average molecular weight is 458 g/mol. The van der Waals surface area contributed by atoms with E-state index in [1.165, 1.54) is 29.0 Å². The van der Waals surface area contributed by atoms with Crippen molar-refractivity contribution in [1.29, 1.82) is 0 Å². The first-order valence-corrected chi connectivity index (χ1v) is 10.6. The van der Waals surface area contributed by atoms with E-state index in [4.69, 9.17) is 16.0 Å². The molecule has 2 heterocycles. The summed E-state index contributed by atoms with van der Waals surface area (Å²) in [6.45, 7) is 1.97. The molecule has 4 aromatic rings. The number of halogens is 2. The fourth-order valence-corrected chi connectivity index (χ4v) is 4.11. The topological polar surface area (TPSA) is 77.1 Å². The van der Waals surface area contributed by atoms with Crippen molar-refractivity contribution in [2.45, 2.75) is 23.9 Å². The van der Waals surface area contributed by atoms with Gasteiger partial charge in [-0.25, -0.2) is 9.37 Å². The third-order valence-corrected chi connectivity index (χ3v) is 5.92. The molecule has 0 saturated carbocycles. The van der Waals surface area contributed by atoms with Crippen molar-refractivity contribution in [2.75, 3.05) is 0 Å². The van der Waals surface area contributed by atoms with E-state index in [0.717, 1.165) is 11.8 Å². The van der Waals surface area contributed by atoms with Gasteiger partial charge >= 0.3 is 0 Å². The molecule has 2 aromatic heterocycles. The van der Waals surface area contributed by atoms with Crippen LogP contribution in [0.15, 0.2) is 75.2 Å². The normalized spacial score (nSPS) is 12.1. The highest BCUT2D eigenvalue weighted by Crippen LogP contribution is 2.27. The number of para-hydroxylation sites is 1. The molecule has 0 saturated heterocycles. The van der Waals surface area contributed by atoms with E-state index in [9.17, 15) is 14.0 Å². The molecule has 1 unspecified atom stereocenters. The summed E-state index contributed by atoms with van der Waals surface area (Å²) in [5.41, 5.74) is 0.530. The summed E-state index contributed by atoms with van der Waals surface area (Å²) < 4.78 is 20.2. The highest BCUT2D eigenvalue weighted by molar-refractivity contribution is 8.00. The van der Waals surface area contributed by atoms with Gasteiger partial charge in [0.05, 0.1) is 39.7 Å². The van der Waals surface area contributed by atoms with Gasteiger partial charge in [0.2, 0.25) is 5.91 Å². The van der Waals surface area contributed by atoms with Gasteiger partial charge in [-0.05, 0) is 49.4 Å². The number of amides is 1. The molecule has 31 heavy (non-hydrogen) atoms. The number of carbonyl (C=O) groups excluding carboxylic acids is 1. The Bertz CT molecular complexity index is 1310. The summed E-state index contributed by atoms with van der Waals surface area (Å²) in [6.07, 6.45) is 1.53. The molecule has 9 heteroatoms. The van der Waals surface area contributed by atoms with Gasteiger partial charge in [0.15, 0.2) is 5.16 Å². The van der Waals surface area contributed by atoms with Gasteiger partial charge in [-0.1, -0.05) is 35.5 Å². The second-order valence-corrected chi connectivity index (χ2v) is 8.42. The molecular weight excluding hydrogens is 441 g/mol. The maximum Gasteiger partial charge on any atom is 0.266 e. The molecule has 0 aliphatic rings. The summed E-state index contributed by atoms with van der Waals surface area (Å²) in [6, 6.07) is 14.4. The van der Waals surface area contributed by atoms with Gasteiger partial charge in [-0.15, -0.1) is 0 Å². The molecule has 1 N–H and O–H groups in total. The van der Waals surface area contributed by atoms with Gasteiger partial charge in [-0.3, -0.25) is 14.2 Å². The van der Waals surface area contributed by atoms with Gasteiger partial charge in [0.1, 0.15) is 11.6 Å². The zero-order valence-corrected chi connectivity index (χ0v) is 17.9. The number of carbonyl (C=O) groups is 1. The van der Waals surface area contributed by atoms with Crippen molar-refractivity contribution in [2.24, 2.45) is 0 Å². The molecule has 6 nitrogen and oxygen atoms in total. The van der Waals surface area contributed by atoms with Crippen molar-refractivity contribution in [1.82, 2.24) is 14.9 Å². The van der Waals surface area contributed by atoms with E-state index in [1.54, 1.807) is 43.3 Å². The smallest absolute Gasteiger partial charge is 0.266 e. The molecule has 4 rings (SSSR count). The van der Waals surface area contributed by atoms with Crippen LogP contribution in [0.4, 0.5) is 4.39 Å². The largest absolute Gasteiger partial charge is 0.467 e. The first-order valence-electron chi connectivity index (χ1n) is 9.38. The lowest BCUT2D eigenvalue weighted by Crippen LogP contribution is -2.31. The standard InChI is InChI=1S/C22H17ClFN3O3S/c1-13(20(28)25-12-15-5-4-10-30-15)31-22-26-19-7-3-2-6-16(19)21(29)27(22)14-8-9-18(24)17(23)11-14/h2-11,13H,12H2,1H3,(H,25,28). The minimum Gasteiger partial charge on any atom is -0.467 e. The Morgan fingerprint density at radius 2 is 2.06 bits per heavy atom. The second kappa shape index (κ2) is 8.95. The van der Waals surface area contributed by atoms with E-state index < -0.39 is 11.1 Å². The van der Waals surface area contributed by atoms with Crippen molar-refractivity contribution in [3.05, 3.63) is 87.8 Å². The van der Waals surface area contributed by atoms with Crippen LogP contribution in [-0.4, -0.2) is 20.7 Å². The first kappa shape index (κ1) is 21.1. The number of benzene rings is 2. The first-order chi connectivity index (χ1) is 14.9. The average Bonchev–Trinajstić information content (AvgIpc) is 3.28. The Morgan fingerprint density at radius 3 is 2.81 bits per heavy atom. The predicted octanol–water partition coefficient (Wildman–Crippen LogP) is 4.57. The minimum absolute atomic E-state index is 0.113. The fourth-order valence-electron chi connectivity index (χ4n) is 2.99. The number of fused-ring (bicyclic) bond motifs is 1. The maximum atomic E-state index is 13.7. The van der Waals surface area contributed by atoms with E-state index in [-0.39, 0.29) is 23.0 Å². The molecule has 0 radical (unpaired) electrons. The Kier molecular flexibility index (Phi) is 6.11. The van der Waals surface area contributed by atoms with E-state index >= 15 is 0 Å². The van der Waals surface area contributed by atoms with Crippen molar-refractivity contribution in [3.63, 3.8) is 0 Å². The number of thioether (sulfide) groups is 1. The highest BCUT2D eigenvalue weighted by Gasteiger charge is 2.21. The lowest BCUT2D eigenvalue weighted by atomic mass is 10.2. The number of aromatic nitrogens is 2. The van der Waals surface area contributed by atoms with Crippen LogP contribution in [0.3, 0.4) is 0 Å². The molecule has 0 fully saturated rings. The van der Waals surface area contributed by atoms with Crippen molar-refractivity contribution in [3.8, 4) is 5.69 Å². The highest BCUT2D eigenvalue weighted by atomic mass is 35.5. The van der Waals surface area contributed by atoms with Crippen LogP contribution in [-0.2, 0) is 11.3 Å². The molecule has 0 bridgehead atoms. The summed E-state index contributed by atoms with van der Waals surface area (Å²) in [5, 5.41) is 2.82. The molecule has 0 aliphatic heterocycles. The van der Waals surface area contributed by atoms with Crippen LogP contribution in [0.25, 0.3) is 16.6 Å². The summed E-state index contributed by atoms with van der Waals surface area (Å²) in [7, 11) is 0. The molecule has 0 spiro atoms. The lowest BCUT2D eigenvalue weighted by molar-refractivity contribution is -0.120. The third kappa shape index (κ3) is 4.50. The number of furan rings is 1. The summed E-state index contributed by atoms with van der Waals surface area (Å²) >= 11 is 7.06. The van der Waals surface area contributed by atoms with Crippen LogP contribution in [0.1, 0.15) is 12.7 Å². The van der Waals surface area contributed by atoms with Gasteiger partial charge in [-0.2, -0.15) is 0 Å². The summed E-state index contributed by atoms with van der Waals surface area (Å²) in [5.74, 6) is -0.202. The van der Waals surface area contributed by atoms with Crippen LogP contribution >= 0.6 is 23.4 Å². The van der Waals surface area contributed by atoms with E-state index in [2.05, 4.69) is 10.3 Å². The second-order valence-electron chi connectivity index (χ2n) is 6.71. The number of hydrogen-bond acceptors (Lipinski definition) is 5. The molecule has 0 aliphatic carbocycles. The molecular formula is C22H17ClFN3O3S. The zero-order valence-electron chi connectivity index (χ0n) is 16.3. The Morgan fingerprint density at radius 1 is 1.26 bits per heavy atom. The SMILES string of the molecule is CC(Sc1nc2ccccc2c(=O)n1-c1ccc(F)c(Cl)c1)C(=O)NCc1ccco1. The minimum atomic E-state index is -0.591. The molecule has 1 atom stereocenters. The third-order valence-electron chi connectivity index (χ3n) is 4.57. The van der Waals surface area contributed by atoms with Gasteiger partial charge < -0.3 is 9.73 Å². The monoisotopic (exact) mass is 457 g/mol. The van der Waals surface area contributed by atoms with Crippen LogP contribution in [0.5, 0.6) is 0 Å². The lowest BCUT2D eigenvalue weighted by Gasteiger charge is -2.16. The van der Waals surface area contributed by atoms with Crippen LogP contribution in [0, 0.1) is 5.82 Å². The number of nitrogens with one attached hydrogen (secondary N) is 1. The number of hydrogen-bond donors (Lipinski definition) is 1. The Hall–Kier alpha value is -3.10. The molecule has 158 valence electrons. The summed E-state index contributed by atoms with van der Waals surface area (Å²) in [4.78, 5) is 30.4. The maximum absolute atomic E-state index is 13.7. The van der Waals surface area contributed by atoms with Gasteiger partial charge in [0, 0.05) is 0 Å². The fraction of sp³-hybridized carbons (Fsp3) is 0.136. The molecule has 2 aromatic carbocycles. The van der Waals surface area contributed by atoms with E-state index in [1.807, 2.05) is 0 Å². The van der Waals surface area contributed by atoms with Gasteiger partial charge in [0.25, 0.3) is 5.56 Å². The van der Waals surface area contributed by atoms with Crippen molar-refractivity contribution >= 4 is 40.2 Å². The Balaban J connectivity index is 1.70. The van der Waals surface area contributed by atoms with Crippen molar-refractivity contribution < 1.29 is 13.6 Å². The number of rotatable bonds is 6. The van der Waals surface area contributed by atoms with Crippen LogP contribution in [0.2, 0.25) is 5.02 Å². The zero-order chi connectivity index (χ0) is 22.0.